The van der Waals surface area contributed by atoms with Crippen molar-refractivity contribution >= 4 is 5.97 Å². The minimum atomic E-state index is -0.838. The molecule has 2 rings (SSSR count). The lowest BCUT2D eigenvalue weighted by Gasteiger charge is -2.41. The van der Waals surface area contributed by atoms with Crippen LogP contribution in [0.25, 0.3) is 0 Å². The first kappa shape index (κ1) is 12.8. The monoisotopic (exact) mass is 250 g/mol. The molecule has 0 saturated carbocycles. The number of ether oxygens (including phenoxy) is 1. The highest BCUT2D eigenvalue weighted by molar-refractivity contribution is 5.68. The molecular formula is C13H18N2O3. The summed E-state index contributed by atoms with van der Waals surface area (Å²) in [4.78, 5) is 15.3. The number of pyridine rings is 1. The molecule has 18 heavy (non-hydrogen) atoms. The van der Waals surface area contributed by atoms with Crippen molar-refractivity contribution in [2.75, 3.05) is 13.1 Å². The van der Waals surface area contributed by atoms with Gasteiger partial charge in [-0.1, -0.05) is 6.92 Å². The summed E-state index contributed by atoms with van der Waals surface area (Å²) in [6.45, 7) is 5.07. The number of carbonyl (C=O) groups is 1. The van der Waals surface area contributed by atoms with E-state index >= 15 is 0 Å². The van der Waals surface area contributed by atoms with Gasteiger partial charge in [-0.05, 0) is 25.5 Å². The number of aliphatic carboxylic acids is 1. The lowest BCUT2D eigenvalue weighted by molar-refractivity contribution is -0.143. The van der Waals surface area contributed by atoms with Gasteiger partial charge in [-0.25, -0.2) is 0 Å². The summed E-state index contributed by atoms with van der Waals surface area (Å²) in [6, 6.07) is 3.76. The molecule has 1 fully saturated rings. The molecule has 1 aliphatic heterocycles. The summed E-state index contributed by atoms with van der Waals surface area (Å²) in [6.07, 6.45) is 0.782. The van der Waals surface area contributed by atoms with E-state index in [0.29, 0.717) is 18.8 Å². The summed E-state index contributed by atoms with van der Waals surface area (Å²) in [5.74, 6) is -0.138. The van der Waals surface area contributed by atoms with Gasteiger partial charge in [0, 0.05) is 18.8 Å². The molecule has 98 valence electrons. The predicted octanol–water partition coefficient (Wildman–Crippen LogP) is 1.15. The molecule has 0 unspecified atom stereocenters. The molecule has 1 aliphatic rings. The van der Waals surface area contributed by atoms with E-state index in [1.54, 1.807) is 0 Å². The highest BCUT2D eigenvalue weighted by atomic mass is 16.5. The molecule has 0 atom stereocenters. The number of aryl methyl sites for hydroxylation is 2. The molecule has 1 aromatic rings. The fourth-order valence-electron chi connectivity index (χ4n) is 2.09. The van der Waals surface area contributed by atoms with Gasteiger partial charge in [0.25, 0.3) is 0 Å². The number of nitrogens with one attached hydrogen (secondary N) is 1. The summed E-state index contributed by atoms with van der Waals surface area (Å²) in [5, 5.41) is 12.0. The first-order valence-electron chi connectivity index (χ1n) is 6.13. The van der Waals surface area contributed by atoms with Crippen LogP contribution >= 0.6 is 0 Å². The molecular weight excluding hydrogens is 232 g/mol. The Bertz CT molecular complexity index is 456. The van der Waals surface area contributed by atoms with Gasteiger partial charge in [-0.15, -0.1) is 0 Å². The zero-order valence-corrected chi connectivity index (χ0v) is 10.7. The second-order valence-electron chi connectivity index (χ2n) is 4.71. The van der Waals surface area contributed by atoms with Crippen molar-refractivity contribution in [2.24, 2.45) is 0 Å². The molecule has 0 bridgehead atoms. The molecule has 2 heterocycles. The van der Waals surface area contributed by atoms with Gasteiger partial charge >= 0.3 is 5.97 Å². The normalized spacial score (nSPS) is 17.0. The number of rotatable bonds is 5. The van der Waals surface area contributed by atoms with Crippen LogP contribution in [0, 0.1) is 6.92 Å². The smallest absolute Gasteiger partial charge is 0.307 e. The van der Waals surface area contributed by atoms with E-state index in [4.69, 9.17) is 9.84 Å². The quantitative estimate of drug-likeness (QED) is 0.820. The van der Waals surface area contributed by atoms with Gasteiger partial charge in [0.15, 0.2) is 0 Å². The van der Waals surface area contributed by atoms with Crippen molar-refractivity contribution in [1.82, 2.24) is 10.3 Å². The van der Waals surface area contributed by atoms with Crippen LogP contribution in [-0.4, -0.2) is 34.8 Å². The topological polar surface area (TPSA) is 71.5 Å². The molecule has 5 heteroatoms. The summed E-state index contributed by atoms with van der Waals surface area (Å²) < 4.78 is 5.92. The Balaban J connectivity index is 2.19. The van der Waals surface area contributed by atoms with Gasteiger partial charge in [0.2, 0.25) is 0 Å². The number of carboxylic acids is 1. The largest absolute Gasteiger partial charge is 0.482 e. The summed E-state index contributed by atoms with van der Waals surface area (Å²) >= 11 is 0. The molecule has 5 nitrogen and oxygen atoms in total. The van der Waals surface area contributed by atoms with Gasteiger partial charge < -0.3 is 15.2 Å². The average molecular weight is 250 g/mol. The zero-order valence-electron chi connectivity index (χ0n) is 10.7. The number of hydrogen-bond donors (Lipinski definition) is 2. The number of hydrogen-bond acceptors (Lipinski definition) is 4. The highest BCUT2D eigenvalue weighted by Gasteiger charge is 2.42. The van der Waals surface area contributed by atoms with Gasteiger partial charge in [0.1, 0.15) is 11.4 Å². The van der Waals surface area contributed by atoms with Crippen molar-refractivity contribution in [3.63, 3.8) is 0 Å². The van der Waals surface area contributed by atoms with Gasteiger partial charge in [-0.2, -0.15) is 0 Å². The third-order valence-corrected chi connectivity index (χ3v) is 3.10. The van der Waals surface area contributed by atoms with Crippen LogP contribution in [0.3, 0.4) is 0 Å². The van der Waals surface area contributed by atoms with E-state index in [2.05, 4.69) is 10.3 Å². The lowest BCUT2D eigenvalue weighted by atomic mass is 9.92. The fourth-order valence-corrected chi connectivity index (χ4v) is 2.09. The van der Waals surface area contributed by atoms with Crippen LogP contribution in [0.2, 0.25) is 0 Å². The highest BCUT2D eigenvalue weighted by Crippen LogP contribution is 2.28. The average Bonchev–Trinajstić information content (AvgIpc) is 2.27. The Morgan fingerprint density at radius 3 is 2.78 bits per heavy atom. The zero-order chi connectivity index (χ0) is 13.2. The van der Waals surface area contributed by atoms with Crippen LogP contribution < -0.4 is 10.1 Å². The standard InChI is InChI=1S/C13H18N2O3/c1-3-10-11(5-4-9(2)15-10)18-13(6-12(16)17)7-14-8-13/h4-5,14H,3,6-8H2,1-2H3,(H,16,17). The Labute approximate surface area is 106 Å². The van der Waals surface area contributed by atoms with Crippen LogP contribution in [0.15, 0.2) is 12.1 Å². The number of nitrogens with zero attached hydrogens (tertiary/aromatic N) is 1. The Morgan fingerprint density at radius 1 is 1.56 bits per heavy atom. The van der Waals surface area contributed by atoms with Crippen LogP contribution in [0.5, 0.6) is 5.75 Å². The molecule has 2 N–H and O–H groups in total. The van der Waals surface area contributed by atoms with E-state index in [1.165, 1.54) is 0 Å². The maximum atomic E-state index is 10.9. The van der Waals surface area contributed by atoms with Crippen LogP contribution in [-0.2, 0) is 11.2 Å². The molecule has 0 aliphatic carbocycles. The maximum Gasteiger partial charge on any atom is 0.307 e. The summed E-state index contributed by atoms with van der Waals surface area (Å²) in [5.41, 5.74) is 1.21. The molecule has 0 radical (unpaired) electrons. The molecule has 0 spiro atoms. The van der Waals surface area contributed by atoms with E-state index < -0.39 is 11.6 Å². The summed E-state index contributed by atoms with van der Waals surface area (Å²) in [7, 11) is 0. The third kappa shape index (κ3) is 2.61. The fraction of sp³-hybridized carbons (Fsp3) is 0.538. The van der Waals surface area contributed by atoms with Crippen molar-refractivity contribution in [3.8, 4) is 5.75 Å². The lowest BCUT2D eigenvalue weighted by Crippen LogP contribution is -2.64. The van der Waals surface area contributed by atoms with E-state index in [0.717, 1.165) is 17.8 Å². The van der Waals surface area contributed by atoms with Gasteiger partial charge in [-0.3, -0.25) is 9.78 Å². The Kier molecular flexibility index (Phi) is 3.52. The maximum absolute atomic E-state index is 10.9. The van der Waals surface area contributed by atoms with Crippen molar-refractivity contribution in [1.29, 1.82) is 0 Å². The minimum absolute atomic E-state index is 0.0109. The van der Waals surface area contributed by atoms with Crippen molar-refractivity contribution < 1.29 is 14.6 Å². The molecule has 1 saturated heterocycles. The third-order valence-electron chi connectivity index (χ3n) is 3.10. The van der Waals surface area contributed by atoms with Crippen LogP contribution in [0.4, 0.5) is 0 Å². The van der Waals surface area contributed by atoms with E-state index in [9.17, 15) is 4.79 Å². The number of carboxylic acid groups (broad SMARTS) is 1. The first-order valence-corrected chi connectivity index (χ1v) is 6.13. The second kappa shape index (κ2) is 4.94. The molecule has 0 amide bonds. The SMILES string of the molecule is CCc1nc(C)ccc1OC1(CC(=O)O)CNC1. The predicted molar refractivity (Wildman–Crippen MR) is 66.8 cm³/mol. The van der Waals surface area contributed by atoms with E-state index in [-0.39, 0.29) is 6.42 Å². The van der Waals surface area contributed by atoms with Crippen molar-refractivity contribution in [3.05, 3.63) is 23.5 Å². The Morgan fingerprint density at radius 2 is 2.28 bits per heavy atom. The molecule has 1 aromatic heterocycles. The minimum Gasteiger partial charge on any atom is -0.482 e. The number of aromatic nitrogens is 1. The van der Waals surface area contributed by atoms with Crippen molar-refractivity contribution in [2.45, 2.75) is 32.3 Å². The van der Waals surface area contributed by atoms with Crippen LogP contribution in [0.1, 0.15) is 24.7 Å². The first-order chi connectivity index (χ1) is 8.54. The Hall–Kier alpha value is -1.62. The molecule has 0 aromatic carbocycles. The van der Waals surface area contributed by atoms with Gasteiger partial charge in [0.05, 0.1) is 12.1 Å². The van der Waals surface area contributed by atoms with E-state index in [1.807, 2.05) is 26.0 Å². The second-order valence-corrected chi connectivity index (χ2v) is 4.71.